The van der Waals surface area contributed by atoms with E-state index in [1.54, 1.807) is 26.1 Å². The number of anilines is 1. The summed E-state index contributed by atoms with van der Waals surface area (Å²) in [6, 6.07) is 1.59. The third-order valence-corrected chi connectivity index (χ3v) is 4.17. The van der Waals surface area contributed by atoms with Crippen LogP contribution in [-0.4, -0.2) is 38.4 Å². The summed E-state index contributed by atoms with van der Waals surface area (Å²) in [6.45, 7) is 3.28. The number of carbonyl (C=O) groups is 1. The van der Waals surface area contributed by atoms with Gasteiger partial charge in [-0.3, -0.25) is 9.36 Å². The van der Waals surface area contributed by atoms with Crippen molar-refractivity contribution in [1.82, 2.24) is 9.55 Å². The van der Waals surface area contributed by atoms with E-state index >= 15 is 0 Å². The number of carboxylic acids is 1. The van der Waals surface area contributed by atoms with E-state index < -0.39 is 5.97 Å². The maximum Gasteiger partial charge on any atom is 0.351 e. The number of aliphatic hydroxyl groups is 1. The molecule has 1 saturated carbocycles. The molecule has 0 unspecified atom stereocenters. The van der Waals surface area contributed by atoms with Crippen LogP contribution < -0.4 is 11.4 Å². The molecule has 0 radical (unpaired) electrons. The average Bonchev–Trinajstić information content (AvgIpc) is 3.15. The van der Waals surface area contributed by atoms with Crippen LogP contribution in [0.1, 0.15) is 39.3 Å². The Balaban J connectivity index is 0.000000277. The zero-order valence-electron chi connectivity index (χ0n) is 13.3. The molecule has 8 nitrogen and oxygen atoms in total. The number of nitrogen functional groups attached to an aromatic ring is 1. The fourth-order valence-corrected chi connectivity index (χ4v) is 2.61. The molecule has 4 N–H and O–H groups in total. The Kier molecular flexibility index (Phi) is 5.06. The predicted octanol–water partition coefficient (Wildman–Crippen LogP) is 0.612. The van der Waals surface area contributed by atoms with Gasteiger partial charge in [0.15, 0.2) is 0 Å². The van der Waals surface area contributed by atoms with Crippen molar-refractivity contribution in [2.75, 3.05) is 12.3 Å². The molecule has 1 aromatic rings. The summed E-state index contributed by atoms with van der Waals surface area (Å²) in [7, 11) is 0. The highest BCUT2D eigenvalue weighted by Crippen LogP contribution is 2.62. The fourth-order valence-electron chi connectivity index (χ4n) is 2.61. The highest BCUT2D eigenvalue weighted by Gasteiger charge is 2.57. The first-order valence-electron chi connectivity index (χ1n) is 7.63. The normalized spacial score (nSPS) is 24.3. The van der Waals surface area contributed by atoms with Gasteiger partial charge < -0.3 is 20.7 Å². The van der Waals surface area contributed by atoms with E-state index in [0.29, 0.717) is 0 Å². The van der Waals surface area contributed by atoms with E-state index in [1.165, 1.54) is 4.57 Å². The molecule has 1 saturated heterocycles. The van der Waals surface area contributed by atoms with E-state index in [9.17, 15) is 9.59 Å². The third-order valence-electron chi connectivity index (χ3n) is 4.17. The average molecular weight is 325 g/mol. The summed E-state index contributed by atoms with van der Waals surface area (Å²) in [5.41, 5.74) is 5.09. The molecule has 1 aliphatic carbocycles. The first-order chi connectivity index (χ1) is 10.8. The predicted molar refractivity (Wildman–Crippen MR) is 82.7 cm³/mol. The summed E-state index contributed by atoms with van der Waals surface area (Å²) in [5.74, 6) is -0.757. The van der Waals surface area contributed by atoms with E-state index in [1.807, 2.05) is 0 Å². The number of nitrogens with zero attached hydrogens (tertiary/aromatic N) is 2. The molecule has 128 valence electrons. The second-order valence-electron chi connectivity index (χ2n) is 6.39. The number of hydrogen-bond acceptors (Lipinski definition) is 6. The molecule has 0 aromatic carbocycles. The van der Waals surface area contributed by atoms with Crippen LogP contribution >= 0.6 is 0 Å². The summed E-state index contributed by atoms with van der Waals surface area (Å²) >= 11 is 0. The first-order valence-corrected chi connectivity index (χ1v) is 7.63. The van der Waals surface area contributed by atoms with Gasteiger partial charge in [-0.1, -0.05) is 13.8 Å². The Hall–Kier alpha value is -1.93. The molecule has 0 amide bonds. The highest BCUT2D eigenvalue weighted by molar-refractivity contribution is 5.68. The van der Waals surface area contributed by atoms with E-state index in [4.69, 9.17) is 20.7 Å². The number of rotatable bonds is 3. The van der Waals surface area contributed by atoms with Gasteiger partial charge in [0, 0.05) is 11.6 Å². The second kappa shape index (κ2) is 6.67. The molecular formula is C15H23N3O5. The van der Waals surface area contributed by atoms with Crippen molar-refractivity contribution < 1.29 is 19.7 Å². The van der Waals surface area contributed by atoms with Crippen LogP contribution in [0.4, 0.5) is 5.82 Å². The van der Waals surface area contributed by atoms with Crippen LogP contribution in [0.25, 0.3) is 0 Å². The molecule has 1 aromatic heterocycles. The topological polar surface area (TPSA) is 128 Å². The Bertz CT molecular complexity index is 624. The zero-order valence-corrected chi connectivity index (χ0v) is 13.3. The zero-order chi connectivity index (χ0) is 17.2. The van der Waals surface area contributed by atoms with E-state index in [-0.39, 0.29) is 41.8 Å². The standard InChI is InChI=1S/C11H15N3O3.C4H8O2/c12-8-1-4-14(10(16)13-8)9-11(2-3-11)5-7(6-15)17-9;1-3(2)4(5)6/h1,4,7,9,15H,2-3,5-6H2,(H2,12,13,16);3H,1-2H3,(H,5,6)/t7-,9+;/m0./s1. The molecule has 0 bridgehead atoms. The van der Waals surface area contributed by atoms with Gasteiger partial charge in [-0.25, -0.2) is 4.79 Å². The Morgan fingerprint density at radius 3 is 2.61 bits per heavy atom. The van der Waals surface area contributed by atoms with Gasteiger partial charge in [0.1, 0.15) is 12.0 Å². The van der Waals surface area contributed by atoms with E-state index in [0.717, 1.165) is 19.3 Å². The van der Waals surface area contributed by atoms with Crippen molar-refractivity contribution in [3.63, 3.8) is 0 Å². The smallest absolute Gasteiger partial charge is 0.351 e. The Morgan fingerprint density at radius 2 is 2.17 bits per heavy atom. The summed E-state index contributed by atoms with van der Waals surface area (Å²) in [4.78, 5) is 25.2. The van der Waals surface area contributed by atoms with E-state index in [2.05, 4.69) is 4.98 Å². The lowest BCUT2D eigenvalue weighted by Crippen LogP contribution is -2.30. The minimum Gasteiger partial charge on any atom is -0.481 e. The van der Waals surface area contributed by atoms with Crippen molar-refractivity contribution in [1.29, 1.82) is 0 Å². The maximum absolute atomic E-state index is 11.8. The molecule has 2 aliphatic rings. The van der Waals surface area contributed by atoms with Gasteiger partial charge in [0.05, 0.1) is 18.6 Å². The van der Waals surface area contributed by atoms with Crippen molar-refractivity contribution >= 4 is 11.8 Å². The van der Waals surface area contributed by atoms with Crippen molar-refractivity contribution in [3.05, 3.63) is 22.7 Å². The largest absolute Gasteiger partial charge is 0.481 e. The Labute approximate surface area is 133 Å². The van der Waals surface area contributed by atoms with Crippen LogP contribution in [0.5, 0.6) is 0 Å². The number of ether oxygens (including phenoxy) is 1. The molecular weight excluding hydrogens is 302 g/mol. The lowest BCUT2D eigenvalue weighted by Gasteiger charge is -2.19. The van der Waals surface area contributed by atoms with Crippen LogP contribution in [0.3, 0.4) is 0 Å². The second-order valence-corrected chi connectivity index (χ2v) is 6.39. The minimum absolute atomic E-state index is 0.00456. The molecule has 1 spiro atoms. The number of aliphatic hydroxyl groups excluding tert-OH is 1. The molecule has 2 heterocycles. The molecule has 8 heteroatoms. The van der Waals surface area contributed by atoms with Crippen LogP contribution in [0, 0.1) is 11.3 Å². The van der Waals surface area contributed by atoms with Gasteiger partial charge in [-0.2, -0.15) is 4.98 Å². The molecule has 23 heavy (non-hydrogen) atoms. The number of carboxylic acid groups (broad SMARTS) is 1. The van der Waals surface area contributed by atoms with Crippen molar-refractivity contribution in [3.8, 4) is 0 Å². The van der Waals surface area contributed by atoms with Gasteiger partial charge >= 0.3 is 11.7 Å². The van der Waals surface area contributed by atoms with Gasteiger partial charge in [-0.15, -0.1) is 0 Å². The molecule has 2 fully saturated rings. The lowest BCUT2D eigenvalue weighted by atomic mass is 10.0. The minimum atomic E-state index is -0.741. The molecule has 1 aliphatic heterocycles. The van der Waals surface area contributed by atoms with Crippen LogP contribution in [-0.2, 0) is 9.53 Å². The molecule has 3 rings (SSSR count). The SMILES string of the molecule is CC(C)C(=O)O.Nc1ccn([C@@H]2O[C@H](CO)CC23CC3)c(=O)n1. The molecule has 2 atom stereocenters. The van der Waals surface area contributed by atoms with Crippen LogP contribution in [0.15, 0.2) is 17.1 Å². The summed E-state index contributed by atoms with van der Waals surface area (Å²) < 4.78 is 7.21. The summed E-state index contributed by atoms with van der Waals surface area (Å²) in [6.07, 6.45) is 4.02. The third kappa shape index (κ3) is 3.89. The van der Waals surface area contributed by atoms with Crippen molar-refractivity contribution in [2.45, 2.75) is 45.4 Å². The van der Waals surface area contributed by atoms with Crippen LogP contribution in [0.2, 0.25) is 0 Å². The monoisotopic (exact) mass is 325 g/mol. The maximum atomic E-state index is 11.8. The quantitative estimate of drug-likeness (QED) is 0.743. The number of aromatic nitrogens is 2. The van der Waals surface area contributed by atoms with Crippen molar-refractivity contribution in [2.24, 2.45) is 11.3 Å². The van der Waals surface area contributed by atoms with Gasteiger partial charge in [0.2, 0.25) is 0 Å². The fraction of sp³-hybridized carbons (Fsp3) is 0.667. The summed E-state index contributed by atoms with van der Waals surface area (Å²) in [5, 5.41) is 17.1. The number of hydrogen-bond donors (Lipinski definition) is 3. The number of nitrogens with two attached hydrogens (primary N) is 1. The lowest BCUT2D eigenvalue weighted by molar-refractivity contribution is -0.140. The van der Waals surface area contributed by atoms with Gasteiger partial charge in [-0.05, 0) is 25.3 Å². The highest BCUT2D eigenvalue weighted by atomic mass is 16.5. The van der Waals surface area contributed by atoms with Gasteiger partial charge in [0.25, 0.3) is 0 Å². The first kappa shape index (κ1) is 17.4. The number of aliphatic carboxylic acids is 1. The Morgan fingerprint density at radius 1 is 1.57 bits per heavy atom.